The molecule has 1 aromatic rings. The van der Waals surface area contributed by atoms with Crippen LogP contribution in [0.2, 0.25) is 0 Å². The van der Waals surface area contributed by atoms with Gasteiger partial charge in [-0.05, 0) is 21.0 Å². The molecule has 1 heterocycles. The van der Waals surface area contributed by atoms with Crippen LogP contribution < -0.4 is 5.73 Å². The Kier molecular flexibility index (Phi) is 8.83. The van der Waals surface area contributed by atoms with Crippen molar-refractivity contribution in [2.75, 3.05) is 26.4 Å². The van der Waals surface area contributed by atoms with Crippen molar-refractivity contribution in [3.05, 3.63) is 10.6 Å². The minimum absolute atomic E-state index is 0. The molecule has 0 bridgehead atoms. The third kappa shape index (κ3) is 5.12. The van der Waals surface area contributed by atoms with E-state index in [-0.39, 0.29) is 30.6 Å². The number of nitrogen functional groups attached to an aromatic ring is 1. The molecule has 0 saturated heterocycles. The molecular formula is C9H17Cl2N3OS. The molecule has 0 radical (unpaired) electrons. The van der Waals surface area contributed by atoms with Gasteiger partial charge in [-0.15, -0.1) is 24.8 Å². The summed E-state index contributed by atoms with van der Waals surface area (Å²) in [5, 5.41) is 0.468. The zero-order chi connectivity index (χ0) is 10.7. The Labute approximate surface area is 112 Å². The van der Waals surface area contributed by atoms with Gasteiger partial charge >= 0.3 is 0 Å². The number of anilines is 1. The van der Waals surface area contributed by atoms with E-state index in [1.54, 1.807) is 0 Å². The van der Waals surface area contributed by atoms with Gasteiger partial charge < -0.3 is 10.6 Å². The van der Waals surface area contributed by atoms with Crippen LogP contribution in [0.15, 0.2) is 0 Å². The maximum Gasteiger partial charge on any atom is 0.180 e. The number of nitrogens with zero attached hydrogens (tertiary/aromatic N) is 2. The fraction of sp³-hybridized carbons (Fsp3) is 0.556. The van der Waals surface area contributed by atoms with Crippen LogP contribution in [0.4, 0.5) is 5.13 Å². The molecule has 1 rings (SSSR count). The van der Waals surface area contributed by atoms with Crippen molar-refractivity contribution >= 4 is 47.1 Å². The lowest BCUT2D eigenvalue weighted by Crippen LogP contribution is -2.16. The van der Waals surface area contributed by atoms with E-state index in [4.69, 9.17) is 5.73 Å². The standard InChI is InChI=1S/C9H15N3OS.2ClH/c1-6-8(14-9(10)11-6)7(13)4-5-12(2)3;;/h4-5H2,1-3H3,(H2,10,11);2*1H. The number of ketones is 1. The Morgan fingerprint density at radius 1 is 1.44 bits per heavy atom. The maximum absolute atomic E-state index is 11.7. The monoisotopic (exact) mass is 285 g/mol. The highest BCUT2D eigenvalue weighted by Crippen LogP contribution is 2.21. The van der Waals surface area contributed by atoms with Crippen LogP contribution in [-0.2, 0) is 0 Å². The van der Waals surface area contributed by atoms with Gasteiger partial charge in [-0.25, -0.2) is 4.98 Å². The summed E-state index contributed by atoms with van der Waals surface area (Å²) in [7, 11) is 3.89. The minimum atomic E-state index is 0. The van der Waals surface area contributed by atoms with Crippen molar-refractivity contribution in [3.8, 4) is 0 Å². The summed E-state index contributed by atoms with van der Waals surface area (Å²) in [5.74, 6) is 0.130. The van der Waals surface area contributed by atoms with Crippen molar-refractivity contribution in [2.24, 2.45) is 0 Å². The number of carbonyl (C=O) groups excluding carboxylic acids is 1. The van der Waals surface area contributed by atoms with E-state index in [1.165, 1.54) is 11.3 Å². The van der Waals surface area contributed by atoms with E-state index in [1.807, 2.05) is 25.9 Å². The second-order valence-corrected chi connectivity index (χ2v) is 4.47. The van der Waals surface area contributed by atoms with E-state index in [0.29, 0.717) is 16.4 Å². The van der Waals surface area contributed by atoms with Gasteiger partial charge in [-0.1, -0.05) is 11.3 Å². The van der Waals surface area contributed by atoms with Crippen LogP contribution >= 0.6 is 36.2 Å². The highest BCUT2D eigenvalue weighted by Gasteiger charge is 2.13. The van der Waals surface area contributed by atoms with Crippen molar-refractivity contribution in [1.29, 1.82) is 0 Å². The summed E-state index contributed by atoms with van der Waals surface area (Å²) in [6.45, 7) is 2.58. The van der Waals surface area contributed by atoms with E-state index >= 15 is 0 Å². The fourth-order valence-corrected chi connectivity index (χ4v) is 1.92. The zero-order valence-corrected chi connectivity index (χ0v) is 12.0. The molecule has 4 nitrogen and oxygen atoms in total. The van der Waals surface area contributed by atoms with Gasteiger partial charge in [0.05, 0.1) is 10.6 Å². The number of hydrogen-bond donors (Lipinski definition) is 1. The van der Waals surface area contributed by atoms with Gasteiger partial charge in [0.25, 0.3) is 0 Å². The quantitative estimate of drug-likeness (QED) is 0.860. The van der Waals surface area contributed by atoms with Crippen LogP contribution in [0, 0.1) is 6.92 Å². The summed E-state index contributed by atoms with van der Waals surface area (Å²) >= 11 is 1.27. The third-order valence-corrected chi connectivity index (χ3v) is 2.88. The van der Waals surface area contributed by atoms with Crippen molar-refractivity contribution in [3.63, 3.8) is 0 Å². The van der Waals surface area contributed by atoms with Crippen LogP contribution in [0.25, 0.3) is 0 Å². The number of carbonyl (C=O) groups is 1. The lowest BCUT2D eigenvalue weighted by Gasteiger charge is -2.07. The van der Waals surface area contributed by atoms with Gasteiger partial charge in [-0.2, -0.15) is 0 Å². The molecule has 0 aliphatic heterocycles. The summed E-state index contributed by atoms with van der Waals surface area (Å²) in [6.07, 6.45) is 0.523. The Morgan fingerprint density at radius 2 is 2.00 bits per heavy atom. The van der Waals surface area contributed by atoms with Crippen molar-refractivity contribution in [2.45, 2.75) is 13.3 Å². The first-order valence-electron chi connectivity index (χ1n) is 4.41. The number of aryl methyl sites for hydroxylation is 1. The molecule has 0 aliphatic carbocycles. The number of rotatable bonds is 4. The summed E-state index contributed by atoms with van der Waals surface area (Å²) in [4.78, 5) is 18.4. The summed E-state index contributed by atoms with van der Waals surface area (Å²) in [5.41, 5.74) is 6.26. The topological polar surface area (TPSA) is 59.2 Å². The number of Topliss-reactive ketones (excluding diaryl/α,β-unsaturated/α-hetero) is 1. The van der Waals surface area contributed by atoms with Crippen LogP contribution in [0.5, 0.6) is 0 Å². The smallest absolute Gasteiger partial charge is 0.180 e. The first-order valence-corrected chi connectivity index (χ1v) is 5.23. The number of hydrogen-bond acceptors (Lipinski definition) is 5. The maximum atomic E-state index is 11.7. The molecule has 7 heteroatoms. The SMILES string of the molecule is Cc1nc(N)sc1C(=O)CCN(C)C.Cl.Cl. The lowest BCUT2D eigenvalue weighted by atomic mass is 10.2. The van der Waals surface area contributed by atoms with E-state index in [9.17, 15) is 4.79 Å². The molecule has 94 valence electrons. The van der Waals surface area contributed by atoms with Crippen LogP contribution in [0.1, 0.15) is 21.8 Å². The average molecular weight is 286 g/mol. The number of aromatic nitrogens is 1. The molecule has 0 fully saturated rings. The zero-order valence-electron chi connectivity index (χ0n) is 9.52. The molecule has 2 N–H and O–H groups in total. The number of nitrogens with two attached hydrogens (primary N) is 1. The Hall–Kier alpha value is -0.360. The normalized spacial score (nSPS) is 9.50. The predicted octanol–water partition coefficient (Wildman–Crippen LogP) is 2.01. The molecule has 0 atom stereocenters. The van der Waals surface area contributed by atoms with Gasteiger partial charge in [-0.3, -0.25) is 4.79 Å². The molecule has 0 saturated carbocycles. The Bertz CT molecular complexity index is 341. The molecule has 16 heavy (non-hydrogen) atoms. The highest BCUT2D eigenvalue weighted by atomic mass is 35.5. The van der Waals surface area contributed by atoms with E-state index < -0.39 is 0 Å². The first-order chi connectivity index (χ1) is 6.50. The lowest BCUT2D eigenvalue weighted by molar-refractivity contribution is 0.0975. The van der Waals surface area contributed by atoms with Crippen molar-refractivity contribution < 1.29 is 4.79 Å². The second-order valence-electron chi connectivity index (χ2n) is 3.44. The van der Waals surface area contributed by atoms with Gasteiger partial charge in [0.15, 0.2) is 10.9 Å². The highest BCUT2D eigenvalue weighted by molar-refractivity contribution is 7.17. The molecule has 0 spiro atoms. The van der Waals surface area contributed by atoms with Gasteiger partial charge in [0, 0.05) is 13.0 Å². The molecule has 0 aromatic carbocycles. The predicted molar refractivity (Wildman–Crippen MR) is 73.3 cm³/mol. The first kappa shape index (κ1) is 18.0. The Balaban J connectivity index is 0. The van der Waals surface area contributed by atoms with Crippen LogP contribution in [-0.4, -0.2) is 36.3 Å². The summed E-state index contributed by atoms with van der Waals surface area (Å²) < 4.78 is 0. The van der Waals surface area contributed by atoms with Crippen molar-refractivity contribution in [1.82, 2.24) is 9.88 Å². The van der Waals surface area contributed by atoms with Gasteiger partial charge in [0.1, 0.15) is 0 Å². The summed E-state index contributed by atoms with van der Waals surface area (Å²) in [6, 6.07) is 0. The van der Waals surface area contributed by atoms with E-state index in [2.05, 4.69) is 4.98 Å². The molecule has 1 aromatic heterocycles. The molecule has 0 aliphatic rings. The Morgan fingerprint density at radius 3 is 2.38 bits per heavy atom. The van der Waals surface area contributed by atoms with Crippen LogP contribution in [0.3, 0.4) is 0 Å². The molecule has 0 amide bonds. The third-order valence-electron chi connectivity index (χ3n) is 1.85. The second kappa shape index (κ2) is 7.84. The van der Waals surface area contributed by atoms with Gasteiger partial charge in [0.2, 0.25) is 0 Å². The number of halogens is 2. The molecule has 0 unspecified atom stereocenters. The average Bonchev–Trinajstić information content (AvgIpc) is 2.41. The van der Waals surface area contributed by atoms with E-state index in [0.717, 1.165) is 12.2 Å². The largest absolute Gasteiger partial charge is 0.375 e. The fourth-order valence-electron chi connectivity index (χ4n) is 1.11. The minimum Gasteiger partial charge on any atom is -0.375 e. The number of thiazole rings is 1. The molecular weight excluding hydrogens is 269 g/mol.